The lowest BCUT2D eigenvalue weighted by atomic mass is 10.0. The molecular weight excluding hydrogens is 694 g/mol. The van der Waals surface area contributed by atoms with E-state index in [1.165, 1.54) is 103 Å². The van der Waals surface area contributed by atoms with Crippen molar-refractivity contribution >= 4 is 17.7 Å². The largest absolute Gasteiger partial charge is 0.394 e. The Morgan fingerprint density at radius 1 is 0.519 bits per heavy atom. The standard InChI is InChI=1S/C41H81N3O10/c1-3-5-7-9-11-13-15-17-19-21-29-53-31-23-27-42-36(47)26-25-34(44-41(52)39(50)38(49)37(48)35(46)33-45)40(51)43-28-24-32-54-30-22-20-18-16-14-12-10-8-6-4-2/h34-35,37-39,45-46,48-50H,3-33H2,1-2H3,(H,42,47)(H,43,51)(H,44,52)/t34-,35+,37+,38-,39+/m0/s1. The van der Waals surface area contributed by atoms with Gasteiger partial charge in [-0.3, -0.25) is 14.4 Å². The van der Waals surface area contributed by atoms with Gasteiger partial charge in [-0.05, 0) is 32.1 Å². The summed E-state index contributed by atoms with van der Waals surface area (Å²) < 4.78 is 11.4. The van der Waals surface area contributed by atoms with E-state index in [1.54, 1.807) is 0 Å². The van der Waals surface area contributed by atoms with Crippen molar-refractivity contribution in [1.82, 2.24) is 16.0 Å². The third-order valence-corrected chi connectivity index (χ3v) is 9.65. The molecule has 0 aromatic heterocycles. The zero-order valence-corrected chi connectivity index (χ0v) is 34.1. The number of aliphatic hydroxyl groups is 5. The van der Waals surface area contributed by atoms with Crippen LogP contribution in [0.4, 0.5) is 0 Å². The third-order valence-electron chi connectivity index (χ3n) is 9.65. The molecule has 8 N–H and O–H groups in total. The van der Waals surface area contributed by atoms with Gasteiger partial charge >= 0.3 is 0 Å². The lowest BCUT2D eigenvalue weighted by Gasteiger charge is -2.26. The van der Waals surface area contributed by atoms with E-state index in [-0.39, 0.29) is 25.3 Å². The van der Waals surface area contributed by atoms with Gasteiger partial charge in [0.05, 0.1) is 6.61 Å². The Balaban J connectivity index is 4.47. The van der Waals surface area contributed by atoms with Crippen molar-refractivity contribution in [2.75, 3.05) is 46.1 Å². The van der Waals surface area contributed by atoms with Gasteiger partial charge in [-0.25, -0.2) is 0 Å². The van der Waals surface area contributed by atoms with Crippen LogP contribution in [0.5, 0.6) is 0 Å². The summed E-state index contributed by atoms with van der Waals surface area (Å²) >= 11 is 0. The monoisotopic (exact) mass is 776 g/mol. The Morgan fingerprint density at radius 3 is 1.37 bits per heavy atom. The van der Waals surface area contributed by atoms with Gasteiger partial charge in [0, 0.05) is 45.9 Å². The minimum absolute atomic E-state index is 0.0848. The summed E-state index contributed by atoms with van der Waals surface area (Å²) in [5.41, 5.74) is 0. The first-order valence-corrected chi connectivity index (χ1v) is 21.5. The van der Waals surface area contributed by atoms with Crippen LogP contribution in [-0.2, 0) is 23.9 Å². The Hall–Kier alpha value is -1.87. The second-order valence-electron chi connectivity index (χ2n) is 14.7. The summed E-state index contributed by atoms with van der Waals surface area (Å²) in [6.07, 6.45) is 18.0. The average Bonchev–Trinajstić information content (AvgIpc) is 3.17. The van der Waals surface area contributed by atoms with Crippen LogP contribution < -0.4 is 16.0 Å². The number of hydrogen-bond acceptors (Lipinski definition) is 10. The van der Waals surface area contributed by atoms with Crippen molar-refractivity contribution < 1.29 is 49.4 Å². The van der Waals surface area contributed by atoms with E-state index in [1.807, 2.05) is 0 Å². The van der Waals surface area contributed by atoms with Crippen molar-refractivity contribution in [1.29, 1.82) is 0 Å². The maximum atomic E-state index is 13.0. The smallest absolute Gasteiger partial charge is 0.252 e. The van der Waals surface area contributed by atoms with Crippen molar-refractivity contribution in [3.63, 3.8) is 0 Å². The van der Waals surface area contributed by atoms with Crippen LogP contribution in [0.2, 0.25) is 0 Å². The van der Waals surface area contributed by atoms with Gasteiger partial charge in [-0.1, -0.05) is 129 Å². The molecule has 0 heterocycles. The lowest BCUT2D eigenvalue weighted by molar-refractivity contribution is -0.150. The molecule has 0 spiro atoms. The summed E-state index contributed by atoms with van der Waals surface area (Å²) in [5, 5.41) is 56.8. The molecule has 0 aliphatic rings. The van der Waals surface area contributed by atoms with Crippen molar-refractivity contribution in [2.24, 2.45) is 0 Å². The fourth-order valence-electron chi connectivity index (χ4n) is 6.07. The second-order valence-corrected chi connectivity index (χ2v) is 14.7. The summed E-state index contributed by atoms with van der Waals surface area (Å²) in [4.78, 5) is 38.3. The molecule has 0 radical (unpaired) electrons. The summed E-state index contributed by atoms with van der Waals surface area (Å²) in [6, 6.07) is -1.22. The topological polar surface area (TPSA) is 207 Å². The minimum atomic E-state index is -2.20. The molecule has 0 aromatic rings. The van der Waals surface area contributed by atoms with Gasteiger partial charge in [0.25, 0.3) is 5.91 Å². The predicted octanol–water partition coefficient (Wildman–Crippen LogP) is 4.57. The van der Waals surface area contributed by atoms with E-state index in [0.29, 0.717) is 45.8 Å². The van der Waals surface area contributed by atoms with E-state index in [4.69, 9.17) is 14.6 Å². The minimum Gasteiger partial charge on any atom is -0.394 e. The van der Waals surface area contributed by atoms with Crippen LogP contribution in [0.15, 0.2) is 0 Å². The fourth-order valence-corrected chi connectivity index (χ4v) is 6.07. The highest BCUT2D eigenvalue weighted by atomic mass is 16.5. The van der Waals surface area contributed by atoms with E-state index in [0.717, 1.165) is 25.7 Å². The highest BCUT2D eigenvalue weighted by molar-refractivity contribution is 5.90. The zero-order chi connectivity index (χ0) is 40.1. The Morgan fingerprint density at radius 2 is 0.926 bits per heavy atom. The fraction of sp³-hybridized carbons (Fsp3) is 0.927. The average molecular weight is 776 g/mol. The van der Waals surface area contributed by atoms with Gasteiger partial charge in [-0.2, -0.15) is 0 Å². The Kier molecular flexibility index (Phi) is 36.7. The number of nitrogens with one attached hydrogen (secondary N) is 3. The van der Waals surface area contributed by atoms with E-state index in [2.05, 4.69) is 29.8 Å². The van der Waals surface area contributed by atoms with Crippen molar-refractivity contribution in [3.05, 3.63) is 0 Å². The molecular formula is C41H81N3O10. The highest BCUT2D eigenvalue weighted by Gasteiger charge is 2.35. The lowest BCUT2D eigenvalue weighted by Crippen LogP contribution is -2.55. The molecule has 0 aromatic carbocycles. The molecule has 0 saturated carbocycles. The first-order valence-electron chi connectivity index (χ1n) is 21.5. The number of unbranched alkanes of at least 4 members (excludes halogenated alkanes) is 18. The molecule has 0 bridgehead atoms. The quantitative estimate of drug-likeness (QED) is 0.0407. The normalized spacial score (nSPS) is 14.3. The first kappa shape index (κ1) is 52.1. The molecule has 13 heteroatoms. The molecule has 13 nitrogen and oxygen atoms in total. The van der Waals surface area contributed by atoms with Gasteiger partial charge in [0.1, 0.15) is 24.4 Å². The Bertz CT molecular complexity index is 884. The number of rotatable bonds is 40. The Labute approximate surface area is 327 Å². The first-order chi connectivity index (χ1) is 26.2. The summed E-state index contributed by atoms with van der Waals surface area (Å²) in [5.74, 6) is -2.07. The van der Waals surface area contributed by atoms with Gasteiger partial charge in [-0.15, -0.1) is 0 Å². The zero-order valence-electron chi connectivity index (χ0n) is 34.1. The molecule has 0 aliphatic carbocycles. The van der Waals surface area contributed by atoms with Crippen molar-refractivity contribution in [3.8, 4) is 0 Å². The van der Waals surface area contributed by atoms with Crippen molar-refractivity contribution in [2.45, 2.75) is 198 Å². The van der Waals surface area contributed by atoms with Crippen LogP contribution in [0.1, 0.15) is 168 Å². The molecule has 0 aliphatic heterocycles. The van der Waals surface area contributed by atoms with Crippen LogP contribution in [0, 0.1) is 0 Å². The van der Waals surface area contributed by atoms with Crippen LogP contribution >= 0.6 is 0 Å². The van der Waals surface area contributed by atoms with Gasteiger partial charge in [0.15, 0.2) is 6.10 Å². The van der Waals surface area contributed by atoms with Crippen LogP contribution in [-0.4, -0.2) is 120 Å². The number of aliphatic hydroxyl groups excluding tert-OH is 5. The summed E-state index contributed by atoms with van der Waals surface area (Å²) in [6.45, 7) is 6.56. The molecule has 3 amide bonds. The maximum Gasteiger partial charge on any atom is 0.252 e. The van der Waals surface area contributed by atoms with E-state index >= 15 is 0 Å². The molecule has 0 rings (SSSR count). The van der Waals surface area contributed by atoms with E-state index in [9.17, 15) is 34.8 Å². The molecule has 54 heavy (non-hydrogen) atoms. The number of ether oxygens (including phenoxy) is 2. The van der Waals surface area contributed by atoms with Crippen LogP contribution in [0.25, 0.3) is 0 Å². The number of hydrogen-bond donors (Lipinski definition) is 8. The number of carbonyl (C=O) groups is 3. The SMILES string of the molecule is CCCCCCCCCCCCOCCCNC(=O)CC[C@H](NC(=O)[C@H](O)[C@@H](O)[C@H](O)[C@H](O)CO)C(=O)NCCCOCCCCCCCCCCCC. The molecule has 5 atom stereocenters. The molecule has 320 valence electrons. The van der Waals surface area contributed by atoms with E-state index < -0.39 is 48.9 Å². The van der Waals surface area contributed by atoms with Gasteiger partial charge in [0.2, 0.25) is 11.8 Å². The van der Waals surface area contributed by atoms with Gasteiger partial charge < -0.3 is 51.0 Å². The highest BCUT2D eigenvalue weighted by Crippen LogP contribution is 2.12. The van der Waals surface area contributed by atoms with Crippen LogP contribution in [0.3, 0.4) is 0 Å². The maximum absolute atomic E-state index is 13.0. The number of amides is 3. The second kappa shape index (κ2) is 38.0. The molecule has 0 saturated heterocycles. The summed E-state index contributed by atoms with van der Waals surface area (Å²) in [7, 11) is 0. The molecule has 0 unspecified atom stereocenters. The predicted molar refractivity (Wildman–Crippen MR) is 213 cm³/mol. The third kappa shape index (κ3) is 30.4. The number of carbonyl (C=O) groups excluding carboxylic acids is 3. The molecule has 0 fully saturated rings.